The summed E-state index contributed by atoms with van der Waals surface area (Å²) in [7, 11) is -3.57. The van der Waals surface area contributed by atoms with Crippen LogP contribution in [0.25, 0.3) is 0 Å². The van der Waals surface area contributed by atoms with Crippen LogP contribution in [0.2, 0.25) is 0 Å². The average molecular weight is 256 g/mol. The lowest BCUT2D eigenvalue weighted by Gasteiger charge is -2.32. The van der Waals surface area contributed by atoms with E-state index in [1.807, 2.05) is 0 Å². The quantitative estimate of drug-likeness (QED) is 0.842. The Morgan fingerprint density at radius 1 is 1.53 bits per heavy atom. The Kier molecular flexibility index (Phi) is 2.97. The smallest absolute Gasteiger partial charge is 0.245 e. The Morgan fingerprint density at radius 3 is 2.71 bits per heavy atom. The first kappa shape index (κ1) is 12.5. The van der Waals surface area contributed by atoms with Crippen molar-refractivity contribution in [2.75, 3.05) is 6.54 Å². The molecule has 1 atom stereocenters. The molecule has 6 heteroatoms. The van der Waals surface area contributed by atoms with E-state index in [1.54, 1.807) is 19.9 Å². The number of pyridine rings is 1. The van der Waals surface area contributed by atoms with E-state index in [4.69, 9.17) is 0 Å². The molecule has 1 N–H and O–H groups in total. The van der Waals surface area contributed by atoms with Crippen LogP contribution in [0.1, 0.15) is 20.3 Å². The fourth-order valence-electron chi connectivity index (χ4n) is 2.10. The molecule has 94 valence electrons. The molecule has 1 fully saturated rings. The molecule has 2 rings (SSSR count). The number of nitrogens with zero attached hydrogens (tertiary/aromatic N) is 2. The first-order chi connectivity index (χ1) is 7.87. The van der Waals surface area contributed by atoms with E-state index in [0.717, 1.165) is 0 Å². The number of hydrogen-bond acceptors (Lipinski definition) is 4. The van der Waals surface area contributed by atoms with Crippen molar-refractivity contribution in [2.45, 2.75) is 36.8 Å². The van der Waals surface area contributed by atoms with Crippen LogP contribution in [0.4, 0.5) is 0 Å². The molecule has 0 aromatic carbocycles. The number of aromatic nitrogens is 1. The van der Waals surface area contributed by atoms with Gasteiger partial charge in [-0.3, -0.25) is 4.98 Å². The van der Waals surface area contributed by atoms with Crippen molar-refractivity contribution in [2.24, 2.45) is 0 Å². The Morgan fingerprint density at radius 2 is 2.24 bits per heavy atom. The van der Waals surface area contributed by atoms with Gasteiger partial charge >= 0.3 is 0 Å². The third-order valence-corrected chi connectivity index (χ3v) is 5.36. The summed E-state index contributed by atoms with van der Waals surface area (Å²) in [6.45, 7) is 3.81. The topological polar surface area (TPSA) is 70.5 Å². The number of sulfonamides is 1. The minimum absolute atomic E-state index is 0.169. The van der Waals surface area contributed by atoms with Gasteiger partial charge in [0.15, 0.2) is 0 Å². The fraction of sp³-hybridized carbons (Fsp3) is 0.545. The fourth-order valence-corrected chi connectivity index (χ4v) is 3.89. The van der Waals surface area contributed by atoms with Crippen LogP contribution in [-0.4, -0.2) is 41.0 Å². The second kappa shape index (κ2) is 4.04. The normalized spacial score (nSPS) is 25.0. The molecule has 0 amide bonds. The van der Waals surface area contributed by atoms with E-state index in [1.165, 1.54) is 22.8 Å². The van der Waals surface area contributed by atoms with Gasteiger partial charge in [0.1, 0.15) is 4.90 Å². The molecule has 5 nitrogen and oxygen atoms in total. The van der Waals surface area contributed by atoms with Crippen LogP contribution in [-0.2, 0) is 10.0 Å². The summed E-state index contributed by atoms with van der Waals surface area (Å²) in [4.78, 5) is 3.99. The third kappa shape index (κ3) is 1.96. The summed E-state index contributed by atoms with van der Waals surface area (Å²) >= 11 is 0. The van der Waals surface area contributed by atoms with Crippen molar-refractivity contribution in [1.29, 1.82) is 0 Å². The monoisotopic (exact) mass is 256 g/mol. The van der Waals surface area contributed by atoms with E-state index >= 15 is 0 Å². The Balaban J connectivity index is 2.42. The average Bonchev–Trinajstić information content (AvgIpc) is 2.55. The summed E-state index contributed by atoms with van der Waals surface area (Å²) in [6, 6.07) is 3.11. The molecule has 2 heterocycles. The zero-order chi connectivity index (χ0) is 12.7. The van der Waals surface area contributed by atoms with Gasteiger partial charge in [-0.05, 0) is 32.4 Å². The molecular weight excluding hydrogens is 240 g/mol. The highest BCUT2D eigenvalue weighted by molar-refractivity contribution is 7.89. The van der Waals surface area contributed by atoms with E-state index in [2.05, 4.69) is 4.98 Å². The van der Waals surface area contributed by atoms with E-state index in [9.17, 15) is 13.5 Å². The number of hydrogen-bond donors (Lipinski definition) is 1. The molecule has 0 radical (unpaired) electrons. The van der Waals surface area contributed by atoms with Gasteiger partial charge in [0.25, 0.3) is 0 Å². The lowest BCUT2D eigenvalue weighted by molar-refractivity contribution is 0.0901. The van der Waals surface area contributed by atoms with E-state index in [-0.39, 0.29) is 4.90 Å². The summed E-state index contributed by atoms with van der Waals surface area (Å²) in [5, 5.41) is 9.82. The lowest BCUT2D eigenvalue weighted by Crippen LogP contribution is -2.47. The number of rotatable bonds is 2. The van der Waals surface area contributed by atoms with Crippen molar-refractivity contribution in [3.63, 3.8) is 0 Å². The maximum Gasteiger partial charge on any atom is 0.245 e. The summed E-state index contributed by atoms with van der Waals surface area (Å²) in [6.07, 6.45) is 2.69. The second-order valence-corrected chi connectivity index (χ2v) is 6.59. The second-order valence-electron chi connectivity index (χ2n) is 4.72. The predicted octanol–water partition coefficient (Wildman–Crippen LogP) is 0.615. The maximum atomic E-state index is 12.4. The SMILES string of the molecule is CC1(C)C(O)CCN1S(=O)(=O)c1cccnc1. The van der Waals surface area contributed by atoms with Gasteiger partial charge in [0.2, 0.25) is 10.0 Å². The van der Waals surface area contributed by atoms with Crippen molar-refractivity contribution < 1.29 is 13.5 Å². The molecule has 0 saturated carbocycles. The van der Waals surface area contributed by atoms with Crippen LogP contribution < -0.4 is 0 Å². The highest BCUT2D eigenvalue weighted by Gasteiger charge is 2.46. The Bertz CT molecular complexity index is 499. The van der Waals surface area contributed by atoms with Gasteiger partial charge in [-0.25, -0.2) is 8.42 Å². The van der Waals surface area contributed by atoms with Crippen molar-refractivity contribution in [1.82, 2.24) is 9.29 Å². The van der Waals surface area contributed by atoms with E-state index in [0.29, 0.717) is 13.0 Å². The summed E-state index contributed by atoms with van der Waals surface area (Å²) in [5.41, 5.74) is -0.769. The van der Waals surface area contributed by atoms with Gasteiger partial charge in [-0.2, -0.15) is 4.31 Å². The Labute approximate surface area is 101 Å². The molecule has 1 unspecified atom stereocenters. The predicted molar refractivity (Wildman–Crippen MR) is 62.8 cm³/mol. The van der Waals surface area contributed by atoms with Crippen molar-refractivity contribution in [3.05, 3.63) is 24.5 Å². The van der Waals surface area contributed by atoms with Crippen LogP contribution in [0.5, 0.6) is 0 Å². The zero-order valence-corrected chi connectivity index (χ0v) is 10.7. The summed E-state index contributed by atoms with van der Waals surface area (Å²) < 4.78 is 26.1. The van der Waals surface area contributed by atoms with Gasteiger partial charge < -0.3 is 5.11 Å². The summed E-state index contributed by atoms with van der Waals surface area (Å²) in [5.74, 6) is 0. The number of aliphatic hydroxyl groups excluding tert-OH is 1. The van der Waals surface area contributed by atoms with Crippen LogP contribution in [0.3, 0.4) is 0 Å². The molecule has 1 aromatic heterocycles. The first-order valence-electron chi connectivity index (χ1n) is 5.48. The van der Waals surface area contributed by atoms with Crippen molar-refractivity contribution >= 4 is 10.0 Å². The first-order valence-corrected chi connectivity index (χ1v) is 6.92. The Hall–Kier alpha value is -0.980. The molecule has 17 heavy (non-hydrogen) atoms. The minimum Gasteiger partial charge on any atom is -0.391 e. The molecular formula is C11H16N2O3S. The van der Waals surface area contributed by atoms with Gasteiger partial charge in [0.05, 0.1) is 11.6 Å². The third-order valence-electron chi connectivity index (χ3n) is 3.29. The lowest BCUT2D eigenvalue weighted by atomic mass is 10.0. The molecule has 0 bridgehead atoms. The van der Waals surface area contributed by atoms with Crippen LogP contribution in [0.15, 0.2) is 29.4 Å². The number of aliphatic hydroxyl groups is 1. The highest BCUT2D eigenvalue weighted by Crippen LogP contribution is 2.33. The van der Waals surface area contributed by atoms with Crippen molar-refractivity contribution in [3.8, 4) is 0 Å². The van der Waals surface area contributed by atoms with Gasteiger partial charge in [-0.1, -0.05) is 0 Å². The molecule has 1 aliphatic rings. The molecule has 0 spiro atoms. The molecule has 1 aliphatic heterocycles. The largest absolute Gasteiger partial charge is 0.391 e. The molecule has 1 aromatic rings. The minimum atomic E-state index is -3.57. The maximum absolute atomic E-state index is 12.4. The highest BCUT2D eigenvalue weighted by atomic mass is 32.2. The van der Waals surface area contributed by atoms with Crippen LogP contribution >= 0.6 is 0 Å². The standard InChI is InChI=1S/C11H16N2O3S/c1-11(2)10(14)5-7-13(11)17(15,16)9-4-3-6-12-8-9/h3-4,6,8,10,14H,5,7H2,1-2H3. The van der Waals surface area contributed by atoms with Crippen LogP contribution in [0, 0.1) is 0 Å². The molecule has 0 aliphatic carbocycles. The van der Waals surface area contributed by atoms with E-state index < -0.39 is 21.7 Å². The molecule has 1 saturated heterocycles. The zero-order valence-electron chi connectivity index (χ0n) is 9.87. The van der Waals surface area contributed by atoms with Gasteiger partial charge in [-0.15, -0.1) is 0 Å². The van der Waals surface area contributed by atoms with Gasteiger partial charge in [0, 0.05) is 18.9 Å².